The average molecular weight is 269 g/mol. The Morgan fingerprint density at radius 1 is 1.56 bits per heavy atom. The maximum Gasteiger partial charge on any atom is 0.306 e. The highest BCUT2D eigenvalue weighted by Gasteiger charge is 2.42. The van der Waals surface area contributed by atoms with Gasteiger partial charge in [0, 0.05) is 5.02 Å². The fraction of sp³-hybridized carbons (Fsp3) is 0.500. The maximum absolute atomic E-state index is 10.8. The molecule has 0 aromatic heterocycles. The summed E-state index contributed by atoms with van der Waals surface area (Å²) in [6, 6.07) is 5.60. The van der Waals surface area contributed by atoms with Crippen LogP contribution in [0.5, 0.6) is 5.75 Å². The van der Waals surface area contributed by atoms with E-state index in [1.165, 1.54) is 0 Å². The molecule has 3 nitrogen and oxygen atoms in total. The number of carboxylic acid groups (broad SMARTS) is 1. The number of hydrogen-bond donors (Lipinski definition) is 1. The first-order chi connectivity index (χ1) is 8.61. The lowest BCUT2D eigenvalue weighted by Crippen LogP contribution is -2.01. The highest BCUT2D eigenvalue weighted by molar-refractivity contribution is 6.30. The van der Waals surface area contributed by atoms with Crippen molar-refractivity contribution in [3.63, 3.8) is 0 Å². The Bertz CT molecular complexity index is 445. The molecule has 1 aliphatic carbocycles. The summed E-state index contributed by atoms with van der Waals surface area (Å²) < 4.78 is 5.54. The Hall–Kier alpha value is -1.22. The zero-order chi connectivity index (χ0) is 13.1. The summed E-state index contributed by atoms with van der Waals surface area (Å²) in [5.74, 6) is 0.362. The van der Waals surface area contributed by atoms with Gasteiger partial charge in [0.05, 0.1) is 12.5 Å². The van der Waals surface area contributed by atoms with E-state index in [4.69, 9.17) is 21.4 Å². The van der Waals surface area contributed by atoms with Crippen LogP contribution in [0.4, 0.5) is 0 Å². The third kappa shape index (κ3) is 3.16. The molecule has 1 aromatic rings. The fourth-order valence-corrected chi connectivity index (χ4v) is 2.44. The number of benzene rings is 1. The van der Waals surface area contributed by atoms with Crippen molar-refractivity contribution in [1.82, 2.24) is 0 Å². The molecule has 1 aliphatic rings. The van der Waals surface area contributed by atoms with Gasteiger partial charge in [0.25, 0.3) is 0 Å². The van der Waals surface area contributed by atoms with Crippen molar-refractivity contribution in [2.45, 2.75) is 26.2 Å². The van der Waals surface area contributed by atoms with Crippen LogP contribution in [0.15, 0.2) is 18.2 Å². The van der Waals surface area contributed by atoms with Gasteiger partial charge in [-0.2, -0.15) is 0 Å². The van der Waals surface area contributed by atoms with Crippen LogP contribution in [-0.2, 0) is 11.2 Å². The third-order valence-corrected chi connectivity index (χ3v) is 3.58. The van der Waals surface area contributed by atoms with E-state index in [1.807, 2.05) is 25.1 Å². The predicted molar refractivity (Wildman–Crippen MR) is 70.2 cm³/mol. The molecular formula is C14H17ClO3. The molecule has 2 unspecified atom stereocenters. The monoisotopic (exact) mass is 268 g/mol. The molecule has 0 amide bonds. The lowest BCUT2D eigenvalue weighted by Gasteiger charge is -2.10. The second-order valence-corrected chi connectivity index (χ2v) is 5.10. The van der Waals surface area contributed by atoms with Crippen LogP contribution in [0.1, 0.15) is 25.3 Å². The first kappa shape index (κ1) is 13.2. The van der Waals surface area contributed by atoms with Crippen LogP contribution < -0.4 is 4.74 Å². The minimum atomic E-state index is -0.670. The number of carbonyl (C=O) groups is 1. The van der Waals surface area contributed by atoms with E-state index in [1.54, 1.807) is 0 Å². The summed E-state index contributed by atoms with van der Waals surface area (Å²) in [6.07, 6.45) is 2.52. The maximum atomic E-state index is 10.8. The molecule has 2 rings (SSSR count). The van der Waals surface area contributed by atoms with Crippen LogP contribution in [0, 0.1) is 11.8 Å². The molecular weight excluding hydrogens is 252 g/mol. The van der Waals surface area contributed by atoms with Crippen molar-refractivity contribution in [3.05, 3.63) is 28.8 Å². The van der Waals surface area contributed by atoms with Crippen LogP contribution in [-0.4, -0.2) is 17.7 Å². The lowest BCUT2D eigenvalue weighted by atomic mass is 10.1. The number of aryl methyl sites for hydroxylation is 1. The van der Waals surface area contributed by atoms with Crippen LogP contribution in [0.2, 0.25) is 5.02 Å². The molecule has 2 atom stereocenters. The number of halogens is 1. The van der Waals surface area contributed by atoms with Gasteiger partial charge >= 0.3 is 5.97 Å². The molecule has 1 saturated carbocycles. The lowest BCUT2D eigenvalue weighted by molar-refractivity contribution is -0.138. The summed E-state index contributed by atoms with van der Waals surface area (Å²) in [6.45, 7) is 2.57. The third-order valence-electron chi connectivity index (χ3n) is 3.35. The second kappa shape index (κ2) is 5.61. The Morgan fingerprint density at radius 3 is 2.94 bits per heavy atom. The first-order valence-electron chi connectivity index (χ1n) is 6.25. The molecule has 0 bridgehead atoms. The van der Waals surface area contributed by atoms with Crippen molar-refractivity contribution in [2.24, 2.45) is 11.8 Å². The number of ether oxygens (including phenoxy) is 1. The molecule has 98 valence electrons. The van der Waals surface area contributed by atoms with Crippen molar-refractivity contribution in [3.8, 4) is 5.75 Å². The van der Waals surface area contributed by atoms with E-state index in [0.29, 0.717) is 17.5 Å². The summed E-state index contributed by atoms with van der Waals surface area (Å²) in [4.78, 5) is 10.8. The number of aliphatic carboxylic acids is 1. The largest absolute Gasteiger partial charge is 0.494 e. The zero-order valence-electron chi connectivity index (χ0n) is 10.4. The van der Waals surface area contributed by atoms with Gasteiger partial charge in [-0.3, -0.25) is 4.79 Å². The van der Waals surface area contributed by atoms with E-state index in [0.717, 1.165) is 30.6 Å². The van der Waals surface area contributed by atoms with Crippen molar-refractivity contribution >= 4 is 17.6 Å². The molecule has 4 heteroatoms. The molecule has 0 radical (unpaired) electrons. The minimum Gasteiger partial charge on any atom is -0.494 e. The van der Waals surface area contributed by atoms with Gasteiger partial charge in [0.2, 0.25) is 0 Å². The summed E-state index contributed by atoms with van der Waals surface area (Å²) in [5.41, 5.74) is 1.07. The molecule has 18 heavy (non-hydrogen) atoms. The van der Waals surface area contributed by atoms with E-state index < -0.39 is 5.97 Å². The molecule has 0 spiro atoms. The minimum absolute atomic E-state index is 0.139. The Balaban J connectivity index is 1.96. The van der Waals surface area contributed by atoms with Gasteiger partial charge in [-0.1, -0.05) is 11.6 Å². The summed E-state index contributed by atoms with van der Waals surface area (Å²) in [5, 5.41) is 9.55. The molecule has 0 aliphatic heterocycles. The smallest absolute Gasteiger partial charge is 0.306 e. The topological polar surface area (TPSA) is 46.5 Å². The SMILES string of the molecule is CCOc1ccc(Cl)cc1CCC1CC1C(=O)O. The van der Waals surface area contributed by atoms with E-state index in [2.05, 4.69) is 0 Å². The van der Waals surface area contributed by atoms with Gasteiger partial charge in [0.1, 0.15) is 5.75 Å². The molecule has 0 saturated heterocycles. The summed E-state index contributed by atoms with van der Waals surface area (Å²) in [7, 11) is 0. The molecule has 1 fully saturated rings. The predicted octanol–water partition coefficient (Wildman–Crippen LogP) is 3.39. The van der Waals surface area contributed by atoms with Gasteiger partial charge in [-0.15, -0.1) is 0 Å². The van der Waals surface area contributed by atoms with Crippen LogP contribution >= 0.6 is 11.6 Å². The first-order valence-corrected chi connectivity index (χ1v) is 6.63. The van der Waals surface area contributed by atoms with Gasteiger partial charge in [-0.05, 0) is 55.9 Å². The highest BCUT2D eigenvalue weighted by Crippen LogP contribution is 2.42. The van der Waals surface area contributed by atoms with Crippen molar-refractivity contribution in [2.75, 3.05) is 6.61 Å². The normalized spacial score (nSPS) is 21.7. The van der Waals surface area contributed by atoms with Gasteiger partial charge in [-0.25, -0.2) is 0 Å². The van der Waals surface area contributed by atoms with E-state index in [-0.39, 0.29) is 5.92 Å². The Labute approximate surface area is 112 Å². The van der Waals surface area contributed by atoms with Gasteiger partial charge in [0.15, 0.2) is 0 Å². The van der Waals surface area contributed by atoms with Gasteiger partial charge < -0.3 is 9.84 Å². The van der Waals surface area contributed by atoms with Crippen LogP contribution in [0.25, 0.3) is 0 Å². The molecule has 1 N–H and O–H groups in total. The van der Waals surface area contributed by atoms with E-state index in [9.17, 15) is 4.79 Å². The fourth-order valence-electron chi connectivity index (χ4n) is 2.25. The number of carboxylic acids is 1. The van der Waals surface area contributed by atoms with Crippen LogP contribution in [0.3, 0.4) is 0 Å². The Morgan fingerprint density at radius 2 is 2.33 bits per heavy atom. The quantitative estimate of drug-likeness (QED) is 0.860. The number of rotatable bonds is 6. The van der Waals surface area contributed by atoms with Crippen molar-refractivity contribution < 1.29 is 14.6 Å². The average Bonchev–Trinajstić information content (AvgIpc) is 3.09. The zero-order valence-corrected chi connectivity index (χ0v) is 11.1. The standard InChI is InChI=1S/C14H17ClO3/c1-2-18-13-6-5-11(15)7-10(13)4-3-9-8-12(9)14(16)17/h5-7,9,12H,2-4,8H2,1H3,(H,16,17). The molecule has 0 heterocycles. The van der Waals surface area contributed by atoms with Crippen molar-refractivity contribution in [1.29, 1.82) is 0 Å². The second-order valence-electron chi connectivity index (χ2n) is 4.66. The summed E-state index contributed by atoms with van der Waals surface area (Å²) >= 11 is 5.98. The highest BCUT2D eigenvalue weighted by atomic mass is 35.5. The van der Waals surface area contributed by atoms with E-state index >= 15 is 0 Å². The molecule has 1 aromatic carbocycles. The number of hydrogen-bond acceptors (Lipinski definition) is 2. The Kier molecular flexibility index (Phi) is 4.12.